The van der Waals surface area contributed by atoms with Crippen molar-refractivity contribution < 1.29 is 4.39 Å². The van der Waals surface area contributed by atoms with E-state index < -0.39 is 12.0 Å². The fourth-order valence-corrected chi connectivity index (χ4v) is 3.53. The number of rotatable bonds is 2. The molecule has 6 heteroatoms. The summed E-state index contributed by atoms with van der Waals surface area (Å²) in [7, 11) is 0. The molecule has 0 bridgehead atoms. The monoisotopic (exact) mass is 303 g/mol. The Kier molecular flexibility index (Phi) is 3.44. The van der Waals surface area contributed by atoms with Crippen LogP contribution in [0.2, 0.25) is 0 Å². The molecule has 2 aliphatic rings. The molecule has 4 atom stereocenters. The van der Waals surface area contributed by atoms with Crippen molar-refractivity contribution in [3.63, 3.8) is 0 Å². The molecule has 1 heterocycles. The van der Waals surface area contributed by atoms with E-state index in [-0.39, 0.29) is 23.6 Å². The van der Waals surface area contributed by atoms with Crippen LogP contribution < -0.4 is 16.8 Å². The summed E-state index contributed by atoms with van der Waals surface area (Å²) in [6.45, 7) is 5.57. The number of benzene rings is 1. The highest BCUT2D eigenvalue weighted by atomic mass is 19.1. The first-order valence-corrected chi connectivity index (χ1v) is 7.54. The predicted octanol–water partition coefficient (Wildman–Crippen LogP) is 1.56. The minimum absolute atomic E-state index is 0.114. The lowest BCUT2D eigenvalue weighted by molar-refractivity contribution is 0.301. The molecule has 0 amide bonds. The lowest BCUT2D eigenvalue weighted by atomic mass is 9.87. The number of nitrogens with zero attached hydrogens (tertiary/aromatic N) is 2. The Morgan fingerprint density at radius 1 is 1.41 bits per heavy atom. The fraction of sp³-hybridized carbons (Fsp3) is 0.500. The Balaban J connectivity index is 2.10. The van der Waals surface area contributed by atoms with Gasteiger partial charge in [0.1, 0.15) is 5.84 Å². The van der Waals surface area contributed by atoms with E-state index in [0.29, 0.717) is 0 Å². The molecule has 5 nitrogen and oxygen atoms in total. The van der Waals surface area contributed by atoms with Crippen molar-refractivity contribution in [2.75, 3.05) is 0 Å². The fourth-order valence-electron chi connectivity index (χ4n) is 3.53. The molecule has 1 aliphatic heterocycles. The molecule has 0 radical (unpaired) electrons. The maximum Gasteiger partial charge on any atom is 0.214 e. The minimum Gasteiger partial charge on any atom is -0.370 e. The molecule has 5 N–H and O–H groups in total. The molecule has 22 heavy (non-hydrogen) atoms. The smallest absolute Gasteiger partial charge is 0.214 e. The molecule has 1 aliphatic carbocycles. The van der Waals surface area contributed by atoms with E-state index in [4.69, 9.17) is 11.5 Å². The first-order valence-electron chi connectivity index (χ1n) is 7.54. The summed E-state index contributed by atoms with van der Waals surface area (Å²) in [5, 5.41) is 2.67. The number of nitrogens with two attached hydrogens (primary N) is 2. The van der Waals surface area contributed by atoms with Crippen LogP contribution >= 0.6 is 0 Å². The molecule has 0 spiro atoms. The molecular weight excluding hydrogens is 281 g/mol. The largest absolute Gasteiger partial charge is 0.370 e. The molecule has 1 unspecified atom stereocenters. The highest BCUT2D eigenvalue weighted by Gasteiger charge is 2.46. The second-order valence-electron chi connectivity index (χ2n) is 6.38. The van der Waals surface area contributed by atoms with Gasteiger partial charge in [-0.1, -0.05) is 30.7 Å². The lowest BCUT2D eigenvalue weighted by Gasteiger charge is -2.35. The van der Waals surface area contributed by atoms with Crippen molar-refractivity contribution >= 4 is 11.8 Å². The van der Waals surface area contributed by atoms with Crippen LogP contribution in [0.5, 0.6) is 0 Å². The summed E-state index contributed by atoms with van der Waals surface area (Å²) in [6.07, 6.45) is -0.358. The van der Waals surface area contributed by atoms with Gasteiger partial charge in [-0.25, -0.2) is 14.4 Å². The summed E-state index contributed by atoms with van der Waals surface area (Å²) in [5.74, 6) is -0.856. The second-order valence-corrected chi connectivity index (χ2v) is 6.38. The molecule has 1 aromatic rings. The third kappa shape index (κ3) is 2.37. The quantitative estimate of drug-likeness (QED) is 0.774. The van der Waals surface area contributed by atoms with Gasteiger partial charge in [0.2, 0.25) is 5.79 Å². The average Bonchev–Trinajstić information content (AvgIpc) is 2.73. The van der Waals surface area contributed by atoms with E-state index in [1.165, 1.54) is 12.5 Å². The van der Waals surface area contributed by atoms with Gasteiger partial charge in [0.25, 0.3) is 0 Å². The van der Waals surface area contributed by atoms with Crippen molar-refractivity contribution in [2.24, 2.45) is 27.4 Å². The SMILES string of the molecule is Cc1ccc2c(c1)[C@H](C1(N)N=C(N)NC([C@@H](C)F)=N1)[C@@H](C)C2. The Labute approximate surface area is 129 Å². The van der Waals surface area contributed by atoms with E-state index in [1.807, 2.05) is 6.92 Å². The maximum atomic E-state index is 13.7. The summed E-state index contributed by atoms with van der Waals surface area (Å²) in [4.78, 5) is 8.68. The van der Waals surface area contributed by atoms with Crippen LogP contribution in [0, 0.1) is 12.8 Å². The Bertz CT molecular complexity index is 667. The van der Waals surface area contributed by atoms with Gasteiger partial charge in [-0.15, -0.1) is 0 Å². The van der Waals surface area contributed by atoms with Crippen LogP contribution in [-0.2, 0) is 6.42 Å². The number of hydrogen-bond acceptors (Lipinski definition) is 5. The van der Waals surface area contributed by atoms with Crippen LogP contribution in [0.1, 0.15) is 36.5 Å². The van der Waals surface area contributed by atoms with Crippen molar-refractivity contribution in [1.82, 2.24) is 5.32 Å². The summed E-state index contributed by atoms with van der Waals surface area (Å²) < 4.78 is 13.7. The minimum atomic E-state index is -1.27. The van der Waals surface area contributed by atoms with Crippen molar-refractivity contribution in [2.45, 2.75) is 45.1 Å². The van der Waals surface area contributed by atoms with E-state index in [1.54, 1.807) is 0 Å². The second kappa shape index (κ2) is 5.05. The molecule has 0 fully saturated rings. The third-order valence-electron chi connectivity index (χ3n) is 4.44. The average molecular weight is 303 g/mol. The lowest BCUT2D eigenvalue weighted by Crippen LogP contribution is -2.55. The van der Waals surface area contributed by atoms with E-state index in [2.05, 4.69) is 40.4 Å². The van der Waals surface area contributed by atoms with Gasteiger partial charge >= 0.3 is 0 Å². The zero-order valence-corrected chi connectivity index (χ0v) is 13.1. The zero-order chi connectivity index (χ0) is 16.1. The van der Waals surface area contributed by atoms with Crippen molar-refractivity contribution in [3.8, 4) is 0 Å². The van der Waals surface area contributed by atoms with E-state index >= 15 is 0 Å². The first kappa shape index (κ1) is 15.0. The maximum absolute atomic E-state index is 13.7. The van der Waals surface area contributed by atoms with Crippen molar-refractivity contribution in [3.05, 3.63) is 34.9 Å². The molecule has 0 aromatic heterocycles. The number of hydrogen-bond donors (Lipinski definition) is 3. The molecular formula is C16H22FN5. The van der Waals surface area contributed by atoms with Crippen LogP contribution in [0.15, 0.2) is 28.2 Å². The number of halogens is 1. The van der Waals surface area contributed by atoms with Gasteiger partial charge in [0, 0.05) is 5.92 Å². The van der Waals surface area contributed by atoms with Gasteiger partial charge in [0.15, 0.2) is 12.1 Å². The summed E-state index contributed by atoms with van der Waals surface area (Å²) in [5.41, 5.74) is 15.8. The predicted molar refractivity (Wildman–Crippen MR) is 86.5 cm³/mol. The number of fused-ring (bicyclic) bond motifs is 1. The number of aryl methyl sites for hydroxylation is 1. The van der Waals surface area contributed by atoms with Gasteiger partial charge in [0.05, 0.1) is 0 Å². The van der Waals surface area contributed by atoms with Gasteiger partial charge in [-0.3, -0.25) is 5.73 Å². The highest BCUT2D eigenvalue weighted by Crippen LogP contribution is 2.45. The Hall–Kier alpha value is -1.95. The standard InChI is InChI=1S/C16H22FN5/c1-8-4-5-11-7-9(2)13(12(11)6-8)16(19)21-14(10(3)17)20-15(18)22-16/h4-6,9-10,13H,7,19H2,1-3H3,(H3,18,20,21,22)/t9-,10+,13+,16?/m0/s1. The molecule has 3 rings (SSSR count). The van der Waals surface area contributed by atoms with Crippen LogP contribution in [0.4, 0.5) is 4.39 Å². The number of aliphatic imine (C=N–C) groups is 2. The number of nitrogens with one attached hydrogen (secondary N) is 1. The van der Waals surface area contributed by atoms with Crippen LogP contribution in [0.25, 0.3) is 0 Å². The first-order chi connectivity index (χ1) is 10.3. The normalized spacial score (nSPS) is 31.9. The van der Waals surface area contributed by atoms with Gasteiger partial charge in [-0.05, 0) is 37.3 Å². The van der Waals surface area contributed by atoms with Gasteiger partial charge < -0.3 is 11.1 Å². The Morgan fingerprint density at radius 3 is 2.82 bits per heavy atom. The summed E-state index contributed by atoms with van der Waals surface area (Å²) in [6, 6.07) is 6.34. The molecule has 118 valence electrons. The highest BCUT2D eigenvalue weighted by molar-refractivity contribution is 6.02. The topological polar surface area (TPSA) is 88.8 Å². The molecule has 0 saturated carbocycles. The Morgan fingerprint density at radius 2 is 2.14 bits per heavy atom. The molecule has 0 saturated heterocycles. The van der Waals surface area contributed by atoms with Crippen molar-refractivity contribution in [1.29, 1.82) is 0 Å². The van der Waals surface area contributed by atoms with Crippen LogP contribution in [-0.4, -0.2) is 23.8 Å². The summed E-state index contributed by atoms with van der Waals surface area (Å²) >= 11 is 0. The number of amidine groups is 1. The zero-order valence-electron chi connectivity index (χ0n) is 13.1. The van der Waals surface area contributed by atoms with E-state index in [9.17, 15) is 4.39 Å². The molecule has 1 aromatic carbocycles. The van der Waals surface area contributed by atoms with Gasteiger partial charge in [-0.2, -0.15) is 0 Å². The van der Waals surface area contributed by atoms with Crippen LogP contribution in [0.3, 0.4) is 0 Å². The van der Waals surface area contributed by atoms with E-state index in [0.717, 1.165) is 17.5 Å². The third-order valence-corrected chi connectivity index (χ3v) is 4.44. The number of guanidine groups is 1. The number of alkyl halides is 1.